The molecule has 0 aliphatic heterocycles. The van der Waals surface area contributed by atoms with Crippen molar-refractivity contribution < 1.29 is 14.3 Å². The van der Waals surface area contributed by atoms with Crippen LogP contribution in [-0.2, 0) is 4.79 Å². The number of carbonyl (C=O) groups is 1. The zero-order valence-electron chi connectivity index (χ0n) is 12.1. The number of hydrogen-bond acceptors (Lipinski definition) is 4. The SMILES string of the molecule is CCN(CC(C)C#N)C(=O)COc1ccccc1OC. The number of hydrogen-bond donors (Lipinski definition) is 0. The number of rotatable bonds is 7. The number of nitrogens with zero attached hydrogens (tertiary/aromatic N) is 2. The fourth-order valence-corrected chi connectivity index (χ4v) is 1.75. The van der Waals surface area contributed by atoms with E-state index in [4.69, 9.17) is 14.7 Å². The van der Waals surface area contributed by atoms with E-state index in [0.717, 1.165) is 0 Å². The van der Waals surface area contributed by atoms with Gasteiger partial charge in [0.15, 0.2) is 18.1 Å². The van der Waals surface area contributed by atoms with E-state index in [0.29, 0.717) is 24.6 Å². The van der Waals surface area contributed by atoms with Crippen LogP contribution in [0.1, 0.15) is 13.8 Å². The Morgan fingerprint density at radius 1 is 1.40 bits per heavy atom. The number of benzene rings is 1. The Balaban J connectivity index is 2.59. The van der Waals surface area contributed by atoms with Crippen LogP contribution >= 0.6 is 0 Å². The molecule has 1 aromatic rings. The molecule has 0 N–H and O–H groups in total. The second-order valence-corrected chi connectivity index (χ2v) is 4.40. The number of nitriles is 1. The minimum atomic E-state index is -0.190. The molecule has 1 amide bonds. The van der Waals surface area contributed by atoms with Crippen LogP contribution in [0.5, 0.6) is 11.5 Å². The van der Waals surface area contributed by atoms with E-state index in [-0.39, 0.29) is 18.4 Å². The van der Waals surface area contributed by atoms with Gasteiger partial charge in [-0.2, -0.15) is 5.26 Å². The minimum absolute atomic E-state index is 0.0631. The zero-order chi connectivity index (χ0) is 15.0. The van der Waals surface area contributed by atoms with E-state index in [2.05, 4.69) is 6.07 Å². The molecule has 1 aromatic carbocycles. The monoisotopic (exact) mass is 276 g/mol. The van der Waals surface area contributed by atoms with E-state index in [1.165, 1.54) is 0 Å². The molecule has 0 aliphatic rings. The Bertz CT molecular complexity index is 482. The van der Waals surface area contributed by atoms with Gasteiger partial charge in [0.1, 0.15) is 0 Å². The van der Waals surface area contributed by atoms with Crippen LogP contribution in [-0.4, -0.2) is 37.6 Å². The van der Waals surface area contributed by atoms with Crippen molar-refractivity contribution in [1.29, 1.82) is 5.26 Å². The predicted octanol–water partition coefficient (Wildman–Crippen LogP) is 2.08. The Kier molecular flexibility index (Phi) is 6.38. The summed E-state index contributed by atoms with van der Waals surface area (Å²) in [5.41, 5.74) is 0. The summed E-state index contributed by atoms with van der Waals surface area (Å²) >= 11 is 0. The van der Waals surface area contributed by atoms with Gasteiger partial charge in [-0.15, -0.1) is 0 Å². The van der Waals surface area contributed by atoms with Gasteiger partial charge in [0.2, 0.25) is 0 Å². The number of carbonyl (C=O) groups excluding carboxylic acids is 1. The van der Waals surface area contributed by atoms with Crippen LogP contribution in [0.2, 0.25) is 0 Å². The third-order valence-corrected chi connectivity index (χ3v) is 2.87. The molecule has 5 heteroatoms. The van der Waals surface area contributed by atoms with Crippen molar-refractivity contribution >= 4 is 5.91 Å². The first-order chi connectivity index (χ1) is 9.62. The van der Waals surface area contributed by atoms with Gasteiger partial charge < -0.3 is 14.4 Å². The highest BCUT2D eigenvalue weighted by Crippen LogP contribution is 2.25. The van der Waals surface area contributed by atoms with Crippen LogP contribution < -0.4 is 9.47 Å². The second-order valence-electron chi connectivity index (χ2n) is 4.40. The van der Waals surface area contributed by atoms with E-state index >= 15 is 0 Å². The molecule has 0 aromatic heterocycles. The molecule has 0 saturated heterocycles. The number of amides is 1. The van der Waals surface area contributed by atoms with E-state index < -0.39 is 0 Å². The Morgan fingerprint density at radius 3 is 2.60 bits per heavy atom. The molecule has 20 heavy (non-hydrogen) atoms. The molecule has 0 spiro atoms. The summed E-state index contributed by atoms with van der Waals surface area (Å²) in [5, 5.41) is 8.80. The molecule has 0 bridgehead atoms. The summed E-state index contributed by atoms with van der Waals surface area (Å²) in [6, 6.07) is 9.30. The van der Waals surface area contributed by atoms with Crippen molar-refractivity contribution in [2.24, 2.45) is 5.92 Å². The maximum Gasteiger partial charge on any atom is 0.260 e. The number of ether oxygens (including phenoxy) is 2. The van der Waals surface area contributed by atoms with Crippen molar-refractivity contribution in [2.75, 3.05) is 26.8 Å². The van der Waals surface area contributed by atoms with Crippen molar-refractivity contribution in [3.8, 4) is 17.6 Å². The smallest absolute Gasteiger partial charge is 0.260 e. The number of likely N-dealkylation sites (N-methyl/N-ethyl adjacent to an activating group) is 1. The highest BCUT2D eigenvalue weighted by Gasteiger charge is 2.16. The molecule has 1 unspecified atom stereocenters. The first-order valence-electron chi connectivity index (χ1n) is 6.55. The van der Waals surface area contributed by atoms with Crippen molar-refractivity contribution in [1.82, 2.24) is 4.90 Å². The normalized spacial score (nSPS) is 11.3. The fraction of sp³-hybridized carbons (Fsp3) is 0.467. The Hall–Kier alpha value is -2.22. The van der Waals surface area contributed by atoms with Gasteiger partial charge in [-0.25, -0.2) is 0 Å². The second kappa shape index (κ2) is 8.05. The predicted molar refractivity (Wildman–Crippen MR) is 75.5 cm³/mol. The average molecular weight is 276 g/mol. The summed E-state index contributed by atoms with van der Waals surface area (Å²) in [6.45, 7) is 4.58. The molecule has 0 fully saturated rings. The molecular weight excluding hydrogens is 256 g/mol. The molecular formula is C15H20N2O3. The van der Waals surface area contributed by atoms with E-state index in [1.54, 1.807) is 31.1 Å². The molecule has 1 atom stereocenters. The minimum Gasteiger partial charge on any atom is -0.493 e. The first-order valence-corrected chi connectivity index (χ1v) is 6.55. The van der Waals surface area contributed by atoms with Crippen LogP contribution in [0.3, 0.4) is 0 Å². The van der Waals surface area contributed by atoms with Gasteiger partial charge in [-0.3, -0.25) is 4.79 Å². The molecule has 108 valence electrons. The molecule has 5 nitrogen and oxygen atoms in total. The van der Waals surface area contributed by atoms with Gasteiger partial charge in [-0.05, 0) is 26.0 Å². The standard InChI is InChI=1S/C15H20N2O3/c1-4-17(10-12(2)9-16)15(18)11-20-14-8-6-5-7-13(14)19-3/h5-8,12H,4,10-11H2,1-3H3. The Morgan fingerprint density at radius 2 is 2.05 bits per heavy atom. The first kappa shape index (κ1) is 15.8. The topological polar surface area (TPSA) is 62.6 Å². The van der Waals surface area contributed by atoms with Gasteiger partial charge >= 0.3 is 0 Å². The third-order valence-electron chi connectivity index (χ3n) is 2.87. The van der Waals surface area contributed by atoms with Crippen LogP contribution in [0, 0.1) is 17.2 Å². The highest BCUT2D eigenvalue weighted by atomic mass is 16.5. The Labute approximate surface area is 119 Å². The van der Waals surface area contributed by atoms with Gasteiger partial charge in [0.05, 0.1) is 19.1 Å². The lowest BCUT2D eigenvalue weighted by Crippen LogP contribution is -2.37. The lowest BCUT2D eigenvalue weighted by atomic mass is 10.2. The van der Waals surface area contributed by atoms with E-state index in [9.17, 15) is 4.79 Å². The molecule has 0 radical (unpaired) electrons. The lowest BCUT2D eigenvalue weighted by molar-refractivity contribution is -0.133. The van der Waals surface area contributed by atoms with Crippen LogP contribution in [0.15, 0.2) is 24.3 Å². The van der Waals surface area contributed by atoms with Gasteiger partial charge in [0, 0.05) is 13.1 Å². The summed E-state index contributed by atoms with van der Waals surface area (Å²) in [5.74, 6) is 0.798. The lowest BCUT2D eigenvalue weighted by Gasteiger charge is -2.22. The van der Waals surface area contributed by atoms with Gasteiger partial charge in [0.25, 0.3) is 5.91 Å². The van der Waals surface area contributed by atoms with E-state index in [1.807, 2.05) is 19.1 Å². The summed E-state index contributed by atoms with van der Waals surface area (Å²) in [6.07, 6.45) is 0. The fourth-order valence-electron chi connectivity index (χ4n) is 1.75. The highest BCUT2D eigenvalue weighted by molar-refractivity contribution is 5.77. The maximum absolute atomic E-state index is 12.0. The molecule has 0 heterocycles. The number of methoxy groups -OCH3 is 1. The van der Waals surface area contributed by atoms with Crippen molar-refractivity contribution in [3.63, 3.8) is 0 Å². The molecule has 0 aliphatic carbocycles. The molecule has 1 rings (SSSR count). The quantitative estimate of drug-likeness (QED) is 0.765. The molecule has 0 saturated carbocycles. The van der Waals surface area contributed by atoms with Crippen molar-refractivity contribution in [2.45, 2.75) is 13.8 Å². The van der Waals surface area contributed by atoms with Gasteiger partial charge in [-0.1, -0.05) is 12.1 Å². The number of para-hydroxylation sites is 2. The average Bonchev–Trinajstić information content (AvgIpc) is 2.50. The van der Waals surface area contributed by atoms with Crippen LogP contribution in [0.25, 0.3) is 0 Å². The summed E-state index contributed by atoms with van der Waals surface area (Å²) in [7, 11) is 1.55. The largest absolute Gasteiger partial charge is 0.493 e. The summed E-state index contributed by atoms with van der Waals surface area (Å²) < 4.78 is 10.6. The summed E-state index contributed by atoms with van der Waals surface area (Å²) in [4.78, 5) is 13.7. The van der Waals surface area contributed by atoms with Crippen LogP contribution in [0.4, 0.5) is 0 Å². The maximum atomic E-state index is 12.0. The third kappa shape index (κ3) is 4.47. The zero-order valence-corrected chi connectivity index (χ0v) is 12.1. The van der Waals surface area contributed by atoms with Crippen molar-refractivity contribution in [3.05, 3.63) is 24.3 Å².